The predicted octanol–water partition coefficient (Wildman–Crippen LogP) is 5.36. The minimum absolute atomic E-state index is 0.127. The zero-order chi connectivity index (χ0) is 18.3. The third-order valence-corrected chi connectivity index (χ3v) is 3.92. The van der Waals surface area contributed by atoms with Gasteiger partial charge in [0.05, 0.1) is 12.7 Å². The van der Waals surface area contributed by atoms with Crippen LogP contribution in [0.2, 0.25) is 0 Å². The van der Waals surface area contributed by atoms with Crippen LogP contribution in [0.3, 0.4) is 0 Å². The molecule has 1 unspecified atom stereocenters. The summed E-state index contributed by atoms with van der Waals surface area (Å²) in [6, 6.07) is 0. The average Bonchev–Trinajstić information content (AvgIpc) is 2.97. The Morgan fingerprint density at radius 1 is 0.875 bits per heavy atom. The number of ether oxygens (including phenoxy) is 2. The highest BCUT2D eigenvalue weighted by molar-refractivity contribution is 4.90. The van der Waals surface area contributed by atoms with Crippen LogP contribution in [0, 0.1) is 0 Å². The van der Waals surface area contributed by atoms with Gasteiger partial charge in [0.25, 0.3) is 0 Å². The number of hydrogen-bond acceptors (Lipinski definition) is 2. The predicted molar refractivity (Wildman–Crippen MR) is 73.4 cm³/mol. The number of alkyl halides is 7. The molecule has 0 aromatic rings. The summed E-state index contributed by atoms with van der Waals surface area (Å²) in [6.45, 7) is 1.74. The molecule has 0 aromatic carbocycles. The lowest BCUT2D eigenvalue weighted by Crippen LogP contribution is -2.51. The van der Waals surface area contributed by atoms with Gasteiger partial charge in [-0.15, -0.1) is 0 Å². The van der Waals surface area contributed by atoms with E-state index in [-0.39, 0.29) is 18.9 Å². The minimum Gasteiger partial charge on any atom is -0.379 e. The Kier molecular flexibility index (Phi) is 8.25. The fourth-order valence-electron chi connectivity index (χ4n) is 2.44. The monoisotopic (exact) mass is 368 g/mol. The highest BCUT2D eigenvalue weighted by Gasteiger charge is 2.72. The van der Waals surface area contributed by atoms with Crippen LogP contribution in [-0.4, -0.2) is 43.9 Å². The molecular weight excluding hydrogens is 345 g/mol. The molecule has 0 spiro atoms. The quantitative estimate of drug-likeness (QED) is 0.361. The standard InChI is InChI=1S/C15H23F7O2/c16-13(17,14(18,19)15(20,21)22)8-4-2-1-3-5-9-23-11-12-7-6-10-24-12/h12H,1-11H2. The molecule has 0 bridgehead atoms. The maximum absolute atomic E-state index is 13.0. The zero-order valence-electron chi connectivity index (χ0n) is 13.3. The van der Waals surface area contributed by atoms with Crippen molar-refractivity contribution in [2.75, 3.05) is 19.8 Å². The summed E-state index contributed by atoms with van der Waals surface area (Å²) in [5.41, 5.74) is 0. The van der Waals surface area contributed by atoms with E-state index in [0.29, 0.717) is 32.5 Å². The summed E-state index contributed by atoms with van der Waals surface area (Å²) in [5.74, 6) is -11.1. The summed E-state index contributed by atoms with van der Waals surface area (Å²) >= 11 is 0. The number of halogens is 7. The first-order chi connectivity index (χ1) is 11.1. The van der Waals surface area contributed by atoms with E-state index in [1.54, 1.807) is 0 Å². The molecule has 144 valence electrons. The highest BCUT2D eigenvalue weighted by atomic mass is 19.4. The van der Waals surface area contributed by atoms with Gasteiger partial charge >= 0.3 is 18.0 Å². The van der Waals surface area contributed by atoms with Crippen LogP contribution in [0.4, 0.5) is 30.7 Å². The SMILES string of the molecule is FC(F)(F)C(F)(F)C(F)(F)CCCCCCCOCC1CCCO1. The third-order valence-electron chi connectivity index (χ3n) is 3.92. The second kappa shape index (κ2) is 9.22. The molecule has 1 rings (SSSR count). The molecule has 1 aliphatic heterocycles. The molecule has 24 heavy (non-hydrogen) atoms. The summed E-state index contributed by atoms with van der Waals surface area (Å²) < 4.78 is 97.9. The second-order valence-electron chi connectivity index (χ2n) is 6.00. The van der Waals surface area contributed by atoms with Gasteiger partial charge in [-0.2, -0.15) is 30.7 Å². The van der Waals surface area contributed by atoms with Crippen molar-refractivity contribution in [2.24, 2.45) is 0 Å². The number of unbranched alkanes of at least 4 members (excludes halogenated alkanes) is 4. The Balaban J connectivity index is 2.04. The highest BCUT2D eigenvalue weighted by Crippen LogP contribution is 2.48. The lowest BCUT2D eigenvalue weighted by atomic mass is 10.0. The second-order valence-corrected chi connectivity index (χ2v) is 6.00. The summed E-state index contributed by atoms with van der Waals surface area (Å²) in [6.07, 6.45) is -3.99. The maximum Gasteiger partial charge on any atom is 0.459 e. The van der Waals surface area contributed by atoms with Crippen molar-refractivity contribution < 1.29 is 40.2 Å². The van der Waals surface area contributed by atoms with Crippen molar-refractivity contribution >= 4 is 0 Å². The van der Waals surface area contributed by atoms with Crippen molar-refractivity contribution in [1.29, 1.82) is 0 Å². The fraction of sp³-hybridized carbons (Fsp3) is 1.00. The number of hydrogen-bond donors (Lipinski definition) is 0. The van der Waals surface area contributed by atoms with E-state index in [2.05, 4.69) is 0 Å². The average molecular weight is 368 g/mol. The molecule has 1 atom stereocenters. The molecule has 1 aliphatic rings. The number of rotatable bonds is 11. The maximum atomic E-state index is 13.0. The van der Waals surface area contributed by atoms with Crippen LogP contribution >= 0.6 is 0 Å². The van der Waals surface area contributed by atoms with Crippen molar-refractivity contribution in [3.05, 3.63) is 0 Å². The third kappa shape index (κ3) is 6.38. The van der Waals surface area contributed by atoms with E-state index in [1.807, 2.05) is 0 Å². The lowest BCUT2D eigenvalue weighted by molar-refractivity contribution is -0.355. The van der Waals surface area contributed by atoms with Gasteiger partial charge in [-0.3, -0.25) is 0 Å². The van der Waals surface area contributed by atoms with Gasteiger partial charge in [-0.05, 0) is 25.7 Å². The molecule has 2 nitrogen and oxygen atoms in total. The molecule has 0 radical (unpaired) electrons. The fourth-order valence-corrected chi connectivity index (χ4v) is 2.44. The Bertz CT molecular complexity index is 352. The summed E-state index contributed by atoms with van der Waals surface area (Å²) in [4.78, 5) is 0. The van der Waals surface area contributed by atoms with Crippen molar-refractivity contribution in [2.45, 2.75) is 75.5 Å². The molecule has 1 saturated heterocycles. The van der Waals surface area contributed by atoms with Crippen molar-refractivity contribution in [3.63, 3.8) is 0 Å². The lowest BCUT2D eigenvalue weighted by Gasteiger charge is -2.28. The van der Waals surface area contributed by atoms with Crippen LogP contribution in [0.25, 0.3) is 0 Å². The molecule has 0 aliphatic carbocycles. The summed E-state index contributed by atoms with van der Waals surface area (Å²) in [5, 5.41) is 0. The van der Waals surface area contributed by atoms with E-state index < -0.39 is 24.4 Å². The largest absolute Gasteiger partial charge is 0.459 e. The van der Waals surface area contributed by atoms with Crippen LogP contribution < -0.4 is 0 Å². The van der Waals surface area contributed by atoms with E-state index >= 15 is 0 Å². The summed E-state index contributed by atoms with van der Waals surface area (Å²) in [7, 11) is 0. The molecule has 0 saturated carbocycles. The van der Waals surface area contributed by atoms with Crippen molar-refractivity contribution in [1.82, 2.24) is 0 Å². The van der Waals surface area contributed by atoms with E-state index in [0.717, 1.165) is 19.4 Å². The van der Waals surface area contributed by atoms with Gasteiger partial charge in [-0.1, -0.05) is 19.3 Å². The Labute approximate surface area is 136 Å². The zero-order valence-corrected chi connectivity index (χ0v) is 13.3. The first-order valence-corrected chi connectivity index (χ1v) is 8.09. The Morgan fingerprint density at radius 3 is 2.08 bits per heavy atom. The van der Waals surface area contributed by atoms with Crippen LogP contribution in [0.15, 0.2) is 0 Å². The van der Waals surface area contributed by atoms with E-state index in [9.17, 15) is 30.7 Å². The first kappa shape index (κ1) is 21.5. The Morgan fingerprint density at radius 2 is 1.50 bits per heavy atom. The normalized spacial score (nSPS) is 19.9. The topological polar surface area (TPSA) is 18.5 Å². The molecule has 1 fully saturated rings. The molecule has 0 N–H and O–H groups in total. The van der Waals surface area contributed by atoms with E-state index in [4.69, 9.17) is 9.47 Å². The molecule has 0 amide bonds. The van der Waals surface area contributed by atoms with Gasteiger partial charge in [-0.25, -0.2) is 0 Å². The smallest absolute Gasteiger partial charge is 0.379 e. The van der Waals surface area contributed by atoms with Gasteiger partial charge in [0.15, 0.2) is 0 Å². The molecular formula is C15H23F7O2. The van der Waals surface area contributed by atoms with Crippen LogP contribution in [0.5, 0.6) is 0 Å². The molecule has 9 heteroatoms. The van der Waals surface area contributed by atoms with Gasteiger partial charge < -0.3 is 9.47 Å². The van der Waals surface area contributed by atoms with Crippen molar-refractivity contribution in [3.8, 4) is 0 Å². The van der Waals surface area contributed by atoms with Gasteiger partial charge in [0.2, 0.25) is 0 Å². The van der Waals surface area contributed by atoms with Crippen LogP contribution in [-0.2, 0) is 9.47 Å². The van der Waals surface area contributed by atoms with Crippen LogP contribution in [0.1, 0.15) is 51.4 Å². The van der Waals surface area contributed by atoms with E-state index in [1.165, 1.54) is 0 Å². The first-order valence-electron chi connectivity index (χ1n) is 8.09. The van der Waals surface area contributed by atoms with Gasteiger partial charge in [0.1, 0.15) is 0 Å². The molecule has 0 aromatic heterocycles. The Hall–Kier alpha value is -0.570. The minimum atomic E-state index is -6.24. The molecule has 1 heterocycles. The van der Waals surface area contributed by atoms with Gasteiger partial charge in [0, 0.05) is 19.6 Å².